The van der Waals surface area contributed by atoms with Crippen molar-refractivity contribution in [2.45, 2.75) is 45.3 Å². The first-order valence-electron chi connectivity index (χ1n) is 7.70. The summed E-state index contributed by atoms with van der Waals surface area (Å²) in [5.74, 6) is 5.73. The zero-order chi connectivity index (χ0) is 16.9. The van der Waals surface area contributed by atoms with Crippen LogP contribution in [-0.4, -0.2) is 30.2 Å². The Kier molecular flexibility index (Phi) is 5.28. The molecule has 2 N–H and O–H groups in total. The molecule has 1 saturated carbocycles. The lowest BCUT2D eigenvalue weighted by Crippen LogP contribution is -2.32. The van der Waals surface area contributed by atoms with E-state index in [4.69, 9.17) is 4.74 Å². The minimum absolute atomic E-state index is 0.0430. The molecule has 5 nitrogen and oxygen atoms in total. The maximum atomic E-state index is 11.8. The molecule has 0 aliphatic heterocycles. The molecule has 1 aliphatic rings. The lowest BCUT2D eigenvalue weighted by atomic mass is 10.1. The van der Waals surface area contributed by atoms with Gasteiger partial charge in [0.05, 0.1) is 6.54 Å². The SMILES string of the molecule is CC(C)(C)OC(=O)NCC#Cc1ccc(C(=O)NC2CC2)cc1. The van der Waals surface area contributed by atoms with Gasteiger partial charge < -0.3 is 15.4 Å². The van der Waals surface area contributed by atoms with Crippen LogP contribution in [0.5, 0.6) is 0 Å². The maximum absolute atomic E-state index is 11.8. The predicted octanol–water partition coefficient (Wildman–Crippen LogP) is 2.46. The van der Waals surface area contributed by atoms with Crippen LogP contribution in [0.1, 0.15) is 49.5 Å². The van der Waals surface area contributed by atoms with Gasteiger partial charge >= 0.3 is 6.09 Å². The lowest BCUT2D eigenvalue weighted by Gasteiger charge is -2.18. The van der Waals surface area contributed by atoms with Crippen LogP contribution in [0, 0.1) is 11.8 Å². The van der Waals surface area contributed by atoms with Gasteiger partial charge in [-0.1, -0.05) is 11.8 Å². The van der Waals surface area contributed by atoms with Gasteiger partial charge in [-0.15, -0.1) is 0 Å². The van der Waals surface area contributed by atoms with Crippen LogP contribution in [-0.2, 0) is 4.74 Å². The molecule has 1 aromatic rings. The van der Waals surface area contributed by atoms with Crippen molar-refractivity contribution in [2.75, 3.05) is 6.54 Å². The van der Waals surface area contributed by atoms with E-state index in [2.05, 4.69) is 22.5 Å². The largest absolute Gasteiger partial charge is 0.444 e. The van der Waals surface area contributed by atoms with Crippen molar-refractivity contribution in [1.29, 1.82) is 0 Å². The highest BCUT2D eigenvalue weighted by Gasteiger charge is 2.23. The van der Waals surface area contributed by atoms with Crippen LogP contribution in [0.25, 0.3) is 0 Å². The van der Waals surface area contributed by atoms with E-state index in [-0.39, 0.29) is 12.5 Å². The number of carbonyl (C=O) groups is 2. The quantitative estimate of drug-likeness (QED) is 0.842. The van der Waals surface area contributed by atoms with Gasteiger partial charge in [-0.2, -0.15) is 0 Å². The van der Waals surface area contributed by atoms with Crippen molar-refractivity contribution in [3.63, 3.8) is 0 Å². The second-order valence-electron chi connectivity index (χ2n) is 6.48. The van der Waals surface area contributed by atoms with Crippen molar-refractivity contribution in [2.24, 2.45) is 0 Å². The van der Waals surface area contributed by atoms with E-state index in [9.17, 15) is 9.59 Å². The fourth-order valence-electron chi connectivity index (χ4n) is 1.78. The smallest absolute Gasteiger partial charge is 0.408 e. The molecule has 2 amide bonds. The number of hydrogen-bond donors (Lipinski definition) is 2. The Bertz CT molecular complexity index is 629. The molecule has 1 fully saturated rings. The number of carbonyl (C=O) groups excluding carboxylic acids is 2. The Labute approximate surface area is 136 Å². The summed E-state index contributed by atoms with van der Waals surface area (Å²) in [6.07, 6.45) is 1.65. The van der Waals surface area contributed by atoms with E-state index >= 15 is 0 Å². The lowest BCUT2D eigenvalue weighted by molar-refractivity contribution is 0.0535. The third-order valence-corrected chi connectivity index (χ3v) is 3.01. The molecule has 0 unspecified atom stereocenters. The van der Waals surface area contributed by atoms with Crippen molar-refractivity contribution in [1.82, 2.24) is 10.6 Å². The minimum Gasteiger partial charge on any atom is -0.444 e. The average Bonchev–Trinajstić information content (AvgIpc) is 3.26. The summed E-state index contributed by atoms with van der Waals surface area (Å²) in [5.41, 5.74) is 0.905. The topological polar surface area (TPSA) is 67.4 Å². The third-order valence-electron chi connectivity index (χ3n) is 3.01. The number of ether oxygens (including phenoxy) is 1. The summed E-state index contributed by atoms with van der Waals surface area (Å²) in [6, 6.07) is 7.44. The van der Waals surface area contributed by atoms with Gasteiger partial charge in [-0.25, -0.2) is 4.79 Å². The molecule has 2 rings (SSSR count). The van der Waals surface area contributed by atoms with Crippen molar-refractivity contribution < 1.29 is 14.3 Å². The number of amides is 2. The summed E-state index contributed by atoms with van der Waals surface area (Å²) < 4.78 is 5.11. The van der Waals surface area contributed by atoms with Gasteiger partial charge in [0.25, 0.3) is 5.91 Å². The molecule has 0 aromatic heterocycles. The van der Waals surface area contributed by atoms with Crippen molar-refractivity contribution >= 4 is 12.0 Å². The summed E-state index contributed by atoms with van der Waals surface area (Å²) in [5, 5.41) is 5.51. The minimum atomic E-state index is -0.519. The standard InChI is InChI=1S/C18H22N2O3/c1-18(2,3)23-17(22)19-12-4-5-13-6-8-14(9-7-13)16(21)20-15-10-11-15/h6-9,15H,10-12H2,1-3H3,(H,19,22)(H,20,21). The molecule has 0 radical (unpaired) electrons. The highest BCUT2D eigenvalue weighted by Crippen LogP contribution is 2.19. The monoisotopic (exact) mass is 314 g/mol. The second kappa shape index (κ2) is 7.19. The Balaban J connectivity index is 1.79. The van der Waals surface area contributed by atoms with Crippen LogP contribution in [0.15, 0.2) is 24.3 Å². The van der Waals surface area contributed by atoms with Crippen molar-refractivity contribution in [3.8, 4) is 11.8 Å². The molecule has 0 bridgehead atoms. The number of nitrogens with one attached hydrogen (secondary N) is 2. The second-order valence-corrected chi connectivity index (χ2v) is 6.48. The zero-order valence-electron chi connectivity index (χ0n) is 13.7. The number of hydrogen-bond acceptors (Lipinski definition) is 3. The van der Waals surface area contributed by atoms with Crippen LogP contribution in [0.4, 0.5) is 4.79 Å². The van der Waals surface area contributed by atoms with E-state index in [1.165, 1.54) is 0 Å². The molecule has 0 atom stereocenters. The Morgan fingerprint density at radius 1 is 1.22 bits per heavy atom. The van der Waals surface area contributed by atoms with Crippen LogP contribution < -0.4 is 10.6 Å². The molecule has 5 heteroatoms. The van der Waals surface area contributed by atoms with E-state index in [1.54, 1.807) is 45.0 Å². The first-order chi connectivity index (χ1) is 10.8. The predicted molar refractivity (Wildman–Crippen MR) is 88.0 cm³/mol. The van der Waals surface area contributed by atoms with Crippen LogP contribution >= 0.6 is 0 Å². The van der Waals surface area contributed by atoms with Crippen LogP contribution in [0.3, 0.4) is 0 Å². The third kappa shape index (κ3) is 6.43. The molecule has 0 spiro atoms. The van der Waals surface area contributed by atoms with Gasteiger partial charge in [-0.05, 0) is 57.9 Å². The molecule has 0 saturated heterocycles. The molecule has 1 aliphatic carbocycles. The molecule has 23 heavy (non-hydrogen) atoms. The van der Waals surface area contributed by atoms with Gasteiger partial charge in [0.15, 0.2) is 0 Å². The number of benzene rings is 1. The molecule has 1 aromatic carbocycles. The van der Waals surface area contributed by atoms with Gasteiger partial charge in [0, 0.05) is 17.2 Å². The summed E-state index contributed by atoms with van der Waals surface area (Å²) in [7, 11) is 0. The van der Waals surface area contributed by atoms with E-state index in [0.29, 0.717) is 11.6 Å². The summed E-state index contributed by atoms with van der Waals surface area (Å²) >= 11 is 0. The van der Waals surface area contributed by atoms with Crippen LogP contribution in [0.2, 0.25) is 0 Å². The van der Waals surface area contributed by atoms with Crippen molar-refractivity contribution in [3.05, 3.63) is 35.4 Å². The van der Waals surface area contributed by atoms with E-state index in [0.717, 1.165) is 18.4 Å². The zero-order valence-corrected chi connectivity index (χ0v) is 13.7. The van der Waals surface area contributed by atoms with Gasteiger partial charge in [0.1, 0.15) is 5.60 Å². The van der Waals surface area contributed by atoms with Gasteiger partial charge in [-0.3, -0.25) is 4.79 Å². The molecule has 122 valence electrons. The highest BCUT2D eigenvalue weighted by atomic mass is 16.6. The van der Waals surface area contributed by atoms with E-state index in [1.807, 2.05) is 0 Å². The maximum Gasteiger partial charge on any atom is 0.408 e. The highest BCUT2D eigenvalue weighted by molar-refractivity contribution is 5.94. The fraction of sp³-hybridized carbons (Fsp3) is 0.444. The van der Waals surface area contributed by atoms with Gasteiger partial charge in [0.2, 0.25) is 0 Å². The number of alkyl carbamates (subject to hydrolysis) is 1. The Morgan fingerprint density at radius 2 is 1.87 bits per heavy atom. The first kappa shape index (κ1) is 16.9. The van der Waals surface area contributed by atoms with E-state index < -0.39 is 11.7 Å². The fourth-order valence-corrected chi connectivity index (χ4v) is 1.78. The normalized spacial score (nSPS) is 13.5. The first-order valence-corrected chi connectivity index (χ1v) is 7.70. The summed E-state index contributed by atoms with van der Waals surface area (Å²) in [6.45, 7) is 5.62. The molecule has 0 heterocycles. The average molecular weight is 314 g/mol. The Hall–Kier alpha value is -2.48. The molecular formula is C18H22N2O3. The molecular weight excluding hydrogens is 292 g/mol. The summed E-state index contributed by atoms with van der Waals surface area (Å²) in [4.78, 5) is 23.3. The number of rotatable bonds is 3. The Morgan fingerprint density at radius 3 is 2.43 bits per heavy atom.